The topological polar surface area (TPSA) is 196 Å². The Morgan fingerprint density at radius 3 is 2.46 bits per heavy atom. The van der Waals surface area contributed by atoms with Gasteiger partial charge in [-0.15, -0.1) is 0 Å². The van der Waals surface area contributed by atoms with Gasteiger partial charge in [0.2, 0.25) is 15.9 Å². The molecule has 4 rings (SSSR count). The first kappa shape index (κ1) is 33.9. The van der Waals surface area contributed by atoms with Crippen LogP contribution < -0.4 is 25.8 Å². The smallest absolute Gasteiger partial charge is 0.273 e. The molecule has 0 fully saturated rings. The maximum absolute atomic E-state index is 13.7. The zero-order valence-corrected chi connectivity index (χ0v) is 26.4. The van der Waals surface area contributed by atoms with Crippen LogP contribution in [0.1, 0.15) is 12.1 Å². The van der Waals surface area contributed by atoms with Gasteiger partial charge < -0.3 is 25.8 Å². The van der Waals surface area contributed by atoms with Gasteiger partial charge in [-0.2, -0.15) is 4.31 Å². The van der Waals surface area contributed by atoms with E-state index >= 15 is 0 Å². The molecule has 0 saturated carbocycles. The second-order valence-corrected chi connectivity index (χ2v) is 12.3. The van der Waals surface area contributed by atoms with E-state index in [2.05, 4.69) is 15.6 Å². The van der Waals surface area contributed by atoms with E-state index in [0.29, 0.717) is 16.5 Å². The molecule has 0 saturated heterocycles. The molecule has 0 aliphatic rings. The van der Waals surface area contributed by atoms with Crippen LogP contribution >= 0.6 is 11.6 Å². The standard InChI is InChI=1S/C30H31ClN6O8S/c1-19-15-27(24-16-20(31)3-9-25(24)34-19)33-12-14-36(46(42,43)23-7-5-22(44-2)6-8-23)13-11-30(39)35-26-10-4-21(37(40)41)17-28(26)45-18-29(32)38/h3-10,15-17H,11-14,18H2,1-2H3,(H2,32,38)(H,33,34)(H,35,39). The number of primary amides is 1. The first-order chi connectivity index (χ1) is 21.9. The molecule has 0 atom stereocenters. The van der Waals surface area contributed by atoms with Crippen LogP contribution in [-0.4, -0.2) is 67.8 Å². The summed E-state index contributed by atoms with van der Waals surface area (Å²) in [5.74, 6) is -1.10. The number of hydrogen-bond donors (Lipinski definition) is 3. The van der Waals surface area contributed by atoms with Crippen LogP contribution in [0.15, 0.2) is 71.6 Å². The van der Waals surface area contributed by atoms with Crippen molar-refractivity contribution in [3.8, 4) is 11.5 Å². The van der Waals surface area contributed by atoms with Gasteiger partial charge in [0.15, 0.2) is 6.61 Å². The number of methoxy groups -OCH3 is 1. The Kier molecular flexibility index (Phi) is 10.9. The van der Waals surface area contributed by atoms with Crippen molar-refractivity contribution in [3.63, 3.8) is 0 Å². The fourth-order valence-electron chi connectivity index (χ4n) is 4.48. The fraction of sp³-hybridized carbons (Fsp3) is 0.233. The lowest BCUT2D eigenvalue weighted by Gasteiger charge is -2.23. The van der Waals surface area contributed by atoms with Crippen molar-refractivity contribution in [1.82, 2.24) is 9.29 Å². The molecule has 46 heavy (non-hydrogen) atoms. The van der Waals surface area contributed by atoms with Crippen molar-refractivity contribution < 1.29 is 32.4 Å². The normalized spacial score (nSPS) is 11.3. The number of nitrogens with one attached hydrogen (secondary N) is 2. The Hall–Kier alpha value is -4.99. The number of nitro benzene ring substituents is 1. The number of ether oxygens (including phenoxy) is 2. The van der Waals surface area contributed by atoms with E-state index in [-0.39, 0.29) is 48.1 Å². The molecule has 0 bridgehead atoms. The van der Waals surface area contributed by atoms with Crippen molar-refractivity contribution >= 4 is 61.4 Å². The highest BCUT2D eigenvalue weighted by molar-refractivity contribution is 7.89. The number of aryl methyl sites for hydroxylation is 1. The number of amides is 2. The lowest BCUT2D eigenvalue weighted by atomic mass is 10.1. The zero-order valence-electron chi connectivity index (χ0n) is 24.9. The first-order valence-electron chi connectivity index (χ1n) is 13.8. The molecule has 0 aliphatic carbocycles. The number of non-ortho nitro benzene ring substituents is 1. The quantitative estimate of drug-likeness (QED) is 0.122. The Bertz CT molecular complexity index is 1870. The van der Waals surface area contributed by atoms with Gasteiger partial charge in [-0.25, -0.2) is 8.42 Å². The molecule has 1 heterocycles. The summed E-state index contributed by atoms with van der Waals surface area (Å²) < 4.78 is 39.0. The second kappa shape index (κ2) is 14.9. The van der Waals surface area contributed by atoms with Gasteiger partial charge in [-0.3, -0.25) is 24.7 Å². The Labute approximate surface area is 269 Å². The van der Waals surface area contributed by atoms with Crippen molar-refractivity contribution in [2.75, 3.05) is 44.0 Å². The van der Waals surface area contributed by atoms with Gasteiger partial charge in [0, 0.05) is 53.9 Å². The van der Waals surface area contributed by atoms with Crippen molar-refractivity contribution in [2.24, 2.45) is 5.73 Å². The molecule has 3 aromatic carbocycles. The van der Waals surface area contributed by atoms with E-state index in [0.717, 1.165) is 28.7 Å². The summed E-state index contributed by atoms with van der Waals surface area (Å²) in [6.07, 6.45) is -0.283. The summed E-state index contributed by atoms with van der Waals surface area (Å²) in [7, 11) is -2.61. The lowest BCUT2D eigenvalue weighted by molar-refractivity contribution is -0.384. The van der Waals surface area contributed by atoms with E-state index in [4.69, 9.17) is 26.8 Å². The molecule has 0 radical (unpaired) electrons. The average Bonchev–Trinajstić information content (AvgIpc) is 3.02. The maximum Gasteiger partial charge on any atom is 0.273 e. The largest absolute Gasteiger partial charge is 0.497 e. The molecular formula is C30H31ClN6O8S. The fourth-order valence-corrected chi connectivity index (χ4v) is 6.09. The Morgan fingerprint density at radius 1 is 1.04 bits per heavy atom. The van der Waals surface area contributed by atoms with Crippen LogP contribution in [0.5, 0.6) is 11.5 Å². The minimum Gasteiger partial charge on any atom is -0.497 e. The lowest BCUT2D eigenvalue weighted by Crippen LogP contribution is -2.37. The minimum atomic E-state index is -4.07. The highest BCUT2D eigenvalue weighted by atomic mass is 35.5. The number of carbonyl (C=O) groups is 2. The van der Waals surface area contributed by atoms with Crippen molar-refractivity contribution in [1.29, 1.82) is 0 Å². The van der Waals surface area contributed by atoms with Crippen LogP contribution in [0.4, 0.5) is 17.1 Å². The summed E-state index contributed by atoms with van der Waals surface area (Å²) in [5.41, 5.74) is 7.02. The summed E-state index contributed by atoms with van der Waals surface area (Å²) in [6.45, 7) is 1.20. The minimum absolute atomic E-state index is 0.00296. The van der Waals surface area contributed by atoms with Crippen LogP contribution in [0.3, 0.4) is 0 Å². The molecule has 1 aromatic heterocycles. The SMILES string of the molecule is COc1ccc(S(=O)(=O)N(CCNc2cc(C)nc3ccc(Cl)cc23)CCC(=O)Nc2ccc([N+](=O)[O-])cc2OCC(N)=O)cc1. The number of fused-ring (bicyclic) bond motifs is 1. The van der Waals surface area contributed by atoms with Crippen LogP contribution in [0.25, 0.3) is 10.9 Å². The number of aromatic nitrogens is 1. The van der Waals surface area contributed by atoms with Crippen molar-refractivity contribution in [2.45, 2.75) is 18.2 Å². The van der Waals surface area contributed by atoms with E-state index < -0.39 is 33.4 Å². The Morgan fingerprint density at radius 2 is 1.78 bits per heavy atom. The number of sulfonamides is 1. The molecule has 4 N–H and O–H groups in total. The molecule has 16 heteroatoms. The van der Waals surface area contributed by atoms with Gasteiger partial charge in [-0.05, 0) is 61.5 Å². The molecule has 2 amide bonds. The van der Waals surface area contributed by atoms with E-state index in [9.17, 15) is 28.1 Å². The highest BCUT2D eigenvalue weighted by Crippen LogP contribution is 2.30. The van der Waals surface area contributed by atoms with Gasteiger partial charge in [-0.1, -0.05) is 11.6 Å². The van der Waals surface area contributed by atoms with Gasteiger partial charge in [0.1, 0.15) is 11.5 Å². The molecule has 14 nitrogen and oxygen atoms in total. The number of hydrogen-bond acceptors (Lipinski definition) is 10. The second-order valence-electron chi connectivity index (χ2n) is 9.97. The number of rotatable bonds is 15. The van der Waals surface area contributed by atoms with Gasteiger partial charge in [0.05, 0.1) is 34.2 Å². The highest BCUT2D eigenvalue weighted by Gasteiger charge is 2.25. The molecule has 4 aromatic rings. The molecular weight excluding hydrogens is 640 g/mol. The number of nitrogens with zero attached hydrogens (tertiary/aromatic N) is 3. The van der Waals surface area contributed by atoms with E-state index in [1.165, 1.54) is 41.7 Å². The third-order valence-electron chi connectivity index (χ3n) is 6.68. The van der Waals surface area contributed by atoms with Crippen LogP contribution in [-0.2, 0) is 19.6 Å². The monoisotopic (exact) mass is 670 g/mol. The van der Waals surface area contributed by atoms with Crippen LogP contribution in [0.2, 0.25) is 5.02 Å². The van der Waals surface area contributed by atoms with Gasteiger partial charge >= 0.3 is 0 Å². The predicted molar refractivity (Wildman–Crippen MR) is 173 cm³/mol. The summed E-state index contributed by atoms with van der Waals surface area (Å²) in [6, 6.07) is 16.4. The third-order valence-corrected chi connectivity index (χ3v) is 8.83. The molecule has 0 unspecified atom stereocenters. The summed E-state index contributed by atoms with van der Waals surface area (Å²) in [5, 5.41) is 18.3. The summed E-state index contributed by atoms with van der Waals surface area (Å²) in [4.78, 5) is 39.3. The van der Waals surface area contributed by atoms with Gasteiger partial charge in [0.25, 0.3) is 11.6 Å². The Balaban J connectivity index is 1.53. The number of benzene rings is 3. The predicted octanol–water partition coefficient (Wildman–Crippen LogP) is 4.11. The molecule has 0 spiro atoms. The van der Waals surface area contributed by atoms with E-state index in [1.54, 1.807) is 18.2 Å². The zero-order chi connectivity index (χ0) is 33.4. The number of nitro groups is 1. The van der Waals surface area contributed by atoms with Crippen molar-refractivity contribution in [3.05, 3.63) is 87.6 Å². The molecule has 242 valence electrons. The summed E-state index contributed by atoms with van der Waals surface area (Å²) >= 11 is 6.21. The maximum atomic E-state index is 13.7. The third kappa shape index (κ3) is 8.59. The van der Waals surface area contributed by atoms with E-state index in [1.807, 2.05) is 13.0 Å². The van der Waals surface area contributed by atoms with Crippen LogP contribution in [0, 0.1) is 17.0 Å². The number of anilines is 2. The average molecular weight is 671 g/mol. The number of carbonyl (C=O) groups excluding carboxylic acids is 2. The number of nitrogens with two attached hydrogens (primary N) is 1. The number of halogens is 1. The molecule has 0 aliphatic heterocycles. The number of pyridine rings is 1. The first-order valence-corrected chi connectivity index (χ1v) is 15.6.